The lowest BCUT2D eigenvalue weighted by molar-refractivity contribution is 0.0687. The zero-order chi connectivity index (χ0) is 15.4. The number of nitrogens with one attached hydrogen (secondary N) is 1. The van der Waals surface area contributed by atoms with E-state index >= 15 is 0 Å². The van der Waals surface area contributed by atoms with Crippen molar-refractivity contribution in [2.45, 2.75) is 43.9 Å². The van der Waals surface area contributed by atoms with Crippen LogP contribution in [0.25, 0.3) is 0 Å². The molecule has 0 amide bonds. The van der Waals surface area contributed by atoms with Crippen LogP contribution in [0.5, 0.6) is 5.75 Å². The van der Waals surface area contributed by atoms with Crippen LogP contribution in [0.1, 0.15) is 35.4 Å². The second-order valence-corrected chi connectivity index (χ2v) is 7.03. The Balaban J connectivity index is 1.49. The van der Waals surface area contributed by atoms with Crippen LogP contribution in [0.2, 0.25) is 0 Å². The molecule has 0 spiro atoms. The molecule has 2 aromatic rings. The van der Waals surface area contributed by atoms with Gasteiger partial charge in [-0.25, -0.2) is 0 Å². The zero-order valence-corrected chi connectivity index (χ0v) is 13.5. The number of fused-ring (bicyclic) bond motifs is 6. The summed E-state index contributed by atoms with van der Waals surface area (Å²) < 4.78 is 5.42. The molecule has 2 aromatic carbocycles. The van der Waals surface area contributed by atoms with E-state index in [1.807, 2.05) is 0 Å². The van der Waals surface area contributed by atoms with Gasteiger partial charge in [0.1, 0.15) is 5.75 Å². The van der Waals surface area contributed by atoms with E-state index in [4.69, 9.17) is 4.74 Å². The first-order valence-electron chi connectivity index (χ1n) is 8.60. The second kappa shape index (κ2) is 5.00. The molecule has 118 valence electrons. The summed E-state index contributed by atoms with van der Waals surface area (Å²) in [7, 11) is 1.75. The molecule has 1 saturated heterocycles. The molecule has 3 atom stereocenters. The molecule has 1 N–H and O–H groups in total. The topological polar surface area (TPSA) is 24.5 Å². The minimum absolute atomic E-state index is 0.450. The van der Waals surface area contributed by atoms with Gasteiger partial charge in [-0.15, -0.1) is 0 Å². The van der Waals surface area contributed by atoms with Gasteiger partial charge in [-0.1, -0.05) is 24.3 Å². The summed E-state index contributed by atoms with van der Waals surface area (Å²) in [5, 5.41) is 3.79. The zero-order valence-electron chi connectivity index (χ0n) is 13.5. The molecule has 23 heavy (non-hydrogen) atoms. The first kappa shape index (κ1) is 13.4. The van der Waals surface area contributed by atoms with Gasteiger partial charge in [-0.2, -0.15) is 0 Å². The third kappa shape index (κ3) is 1.99. The van der Waals surface area contributed by atoms with Crippen molar-refractivity contribution >= 4 is 5.69 Å². The average molecular weight is 306 g/mol. The minimum Gasteiger partial charge on any atom is -0.497 e. The molecule has 0 saturated carbocycles. The molecule has 3 heterocycles. The van der Waals surface area contributed by atoms with E-state index in [-0.39, 0.29) is 0 Å². The Morgan fingerprint density at radius 1 is 1.09 bits per heavy atom. The minimum atomic E-state index is 0.450. The van der Waals surface area contributed by atoms with Crippen LogP contribution < -0.4 is 10.1 Å². The van der Waals surface area contributed by atoms with Crippen LogP contribution in [0.15, 0.2) is 42.5 Å². The number of ether oxygens (including phenoxy) is 1. The van der Waals surface area contributed by atoms with Crippen molar-refractivity contribution in [3.8, 4) is 5.75 Å². The Hall–Kier alpha value is -2.00. The van der Waals surface area contributed by atoms with Gasteiger partial charge >= 0.3 is 0 Å². The third-order valence-electron chi connectivity index (χ3n) is 5.90. The predicted molar refractivity (Wildman–Crippen MR) is 91.9 cm³/mol. The third-order valence-corrected chi connectivity index (χ3v) is 5.90. The SMILES string of the molecule is COc1ccc2c(c1)CN1[C@@H](CC[C@H]3c4ccccc4N[C@@H]31)C2. The van der Waals surface area contributed by atoms with Gasteiger partial charge in [0, 0.05) is 24.2 Å². The molecule has 1 fully saturated rings. The molecule has 3 heteroatoms. The fraction of sp³-hybridized carbons (Fsp3) is 0.400. The van der Waals surface area contributed by atoms with E-state index in [1.54, 1.807) is 7.11 Å². The Morgan fingerprint density at radius 3 is 2.91 bits per heavy atom. The maximum atomic E-state index is 5.42. The molecule has 5 rings (SSSR count). The van der Waals surface area contributed by atoms with Gasteiger partial charge < -0.3 is 10.1 Å². The summed E-state index contributed by atoms with van der Waals surface area (Å²) in [5.74, 6) is 1.60. The van der Waals surface area contributed by atoms with Crippen molar-refractivity contribution in [1.29, 1.82) is 0 Å². The number of anilines is 1. The van der Waals surface area contributed by atoms with E-state index in [2.05, 4.69) is 52.7 Å². The fourth-order valence-corrected chi connectivity index (χ4v) is 4.75. The highest BCUT2D eigenvalue weighted by Crippen LogP contribution is 2.46. The van der Waals surface area contributed by atoms with Gasteiger partial charge in [-0.05, 0) is 54.2 Å². The normalized spacial score (nSPS) is 28.1. The Bertz CT molecular complexity index is 757. The molecule has 0 radical (unpaired) electrons. The number of nitrogens with zero attached hydrogens (tertiary/aromatic N) is 1. The number of hydrogen-bond acceptors (Lipinski definition) is 3. The van der Waals surface area contributed by atoms with Crippen molar-refractivity contribution in [2.24, 2.45) is 0 Å². The van der Waals surface area contributed by atoms with E-state index < -0.39 is 0 Å². The van der Waals surface area contributed by atoms with Gasteiger partial charge in [0.2, 0.25) is 0 Å². The molecule has 0 unspecified atom stereocenters. The van der Waals surface area contributed by atoms with Crippen LogP contribution in [0.3, 0.4) is 0 Å². The van der Waals surface area contributed by atoms with E-state index in [0.29, 0.717) is 18.1 Å². The van der Waals surface area contributed by atoms with Gasteiger partial charge in [0.15, 0.2) is 0 Å². The van der Waals surface area contributed by atoms with Gasteiger partial charge in [0.05, 0.1) is 13.3 Å². The fourth-order valence-electron chi connectivity index (χ4n) is 4.75. The summed E-state index contributed by atoms with van der Waals surface area (Å²) in [5.41, 5.74) is 5.77. The van der Waals surface area contributed by atoms with Crippen molar-refractivity contribution in [1.82, 2.24) is 4.90 Å². The van der Waals surface area contributed by atoms with Crippen molar-refractivity contribution in [3.63, 3.8) is 0 Å². The van der Waals surface area contributed by atoms with Crippen molar-refractivity contribution < 1.29 is 4.74 Å². The standard InChI is InChI=1S/C20H22N2O/c1-23-16-8-6-13-10-15-7-9-18-17-4-2-3-5-19(17)21-20(18)22(15)12-14(13)11-16/h2-6,8,11,15,18,20-21H,7,9-10,12H2,1H3/t15-,18-,20+/m0/s1. The Kier molecular flexibility index (Phi) is 2.92. The van der Waals surface area contributed by atoms with E-state index in [0.717, 1.165) is 12.3 Å². The molecular formula is C20H22N2O. The van der Waals surface area contributed by atoms with Crippen LogP contribution >= 0.6 is 0 Å². The van der Waals surface area contributed by atoms with E-state index in [1.165, 1.54) is 41.6 Å². The summed E-state index contributed by atoms with van der Waals surface area (Å²) in [6, 6.07) is 16.1. The summed E-state index contributed by atoms with van der Waals surface area (Å²) in [4.78, 5) is 2.69. The average Bonchev–Trinajstić information content (AvgIpc) is 2.98. The maximum Gasteiger partial charge on any atom is 0.119 e. The summed E-state index contributed by atoms with van der Waals surface area (Å²) in [6.45, 7) is 1.03. The molecule has 3 nitrogen and oxygen atoms in total. The highest BCUT2D eigenvalue weighted by atomic mass is 16.5. The lowest BCUT2D eigenvalue weighted by atomic mass is 9.81. The largest absolute Gasteiger partial charge is 0.497 e. The Morgan fingerprint density at radius 2 is 2.00 bits per heavy atom. The predicted octanol–water partition coefficient (Wildman–Crippen LogP) is 3.75. The summed E-state index contributed by atoms with van der Waals surface area (Å²) in [6.07, 6.45) is 4.20. The smallest absolute Gasteiger partial charge is 0.119 e. The number of hydrogen-bond donors (Lipinski definition) is 1. The second-order valence-electron chi connectivity index (χ2n) is 7.03. The quantitative estimate of drug-likeness (QED) is 0.868. The molecule has 3 aliphatic heterocycles. The molecule has 3 aliphatic rings. The molecule has 0 aromatic heterocycles. The van der Waals surface area contributed by atoms with Crippen molar-refractivity contribution in [2.75, 3.05) is 12.4 Å². The molecule has 0 aliphatic carbocycles. The maximum absolute atomic E-state index is 5.42. The summed E-state index contributed by atoms with van der Waals surface area (Å²) >= 11 is 0. The Labute approximate surface area is 137 Å². The number of piperidine rings is 1. The lowest BCUT2D eigenvalue weighted by Gasteiger charge is -2.47. The molecular weight excluding hydrogens is 284 g/mol. The van der Waals surface area contributed by atoms with Crippen LogP contribution in [-0.4, -0.2) is 24.2 Å². The number of rotatable bonds is 1. The number of methoxy groups -OCH3 is 1. The highest BCUT2D eigenvalue weighted by molar-refractivity contribution is 5.59. The van der Waals surface area contributed by atoms with Gasteiger partial charge in [-0.3, -0.25) is 4.90 Å². The first-order valence-corrected chi connectivity index (χ1v) is 8.60. The van der Waals surface area contributed by atoms with Crippen LogP contribution in [-0.2, 0) is 13.0 Å². The van der Waals surface area contributed by atoms with Crippen molar-refractivity contribution in [3.05, 3.63) is 59.2 Å². The lowest BCUT2D eigenvalue weighted by Crippen LogP contribution is -2.53. The van der Waals surface area contributed by atoms with Gasteiger partial charge in [0.25, 0.3) is 0 Å². The number of para-hydroxylation sites is 1. The highest BCUT2D eigenvalue weighted by Gasteiger charge is 2.44. The number of benzene rings is 2. The monoisotopic (exact) mass is 306 g/mol. The van der Waals surface area contributed by atoms with E-state index in [9.17, 15) is 0 Å². The first-order chi connectivity index (χ1) is 11.3. The van der Waals surface area contributed by atoms with Crippen LogP contribution in [0.4, 0.5) is 5.69 Å². The molecule has 0 bridgehead atoms. The van der Waals surface area contributed by atoms with Crippen LogP contribution in [0, 0.1) is 0 Å².